The molecule has 0 bridgehead atoms. The summed E-state index contributed by atoms with van der Waals surface area (Å²) in [5.74, 6) is 1.72. The first-order chi connectivity index (χ1) is 16.4. The van der Waals surface area contributed by atoms with Gasteiger partial charge < -0.3 is 10.1 Å². The van der Waals surface area contributed by atoms with E-state index in [-0.39, 0.29) is 11.4 Å². The molecule has 0 unspecified atom stereocenters. The molecule has 2 amide bonds. The van der Waals surface area contributed by atoms with Crippen LogP contribution in [0, 0.1) is 0 Å². The SMILES string of the molecule is CC(C)(C)c1cc(NC(=O)Nc2ccc(Oc3ncnc4[nH]ncc34)cc2)n(C2CCCC2)n1. The van der Waals surface area contributed by atoms with Crippen LogP contribution in [0.4, 0.5) is 16.3 Å². The first kappa shape index (κ1) is 21.9. The highest BCUT2D eigenvalue weighted by molar-refractivity contribution is 5.99. The normalized spacial score (nSPS) is 14.4. The van der Waals surface area contributed by atoms with Crippen molar-refractivity contribution >= 4 is 28.6 Å². The van der Waals surface area contributed by atoms with Crippen molar-refractivity contribution in [1.82, 2.24) is 29.9 Å². The molecule has 1 fully saturated rings. The third-order valence-electron chi connectivity index (χ3n) is 5.95. The molecule has 0 saturated heterocycles. The smallest absolute Gasteiger partial charge is 0.324 e. The molecular weight excluding hydrogens is 432 g/mol. The van der Waals surface area contributed by atoms with Crippen LogP contribution in [0.2, 0.25) is 0 Å². The number of aromatic amines is 1. The van der Waals surface area contributed by atoms with Gasteiger partial charge in [0, 0.05) is 17.2 Å². The van der Waals surface area contributed by atoms with E-state index in [2.05, 4.69) is 51.6 Å². The molecule has 3 aromatic heterocycles. The molecule has 5 rings (SSSR count). The Morgan fingerprint density at radius 3 is 2.62 bits per heavy atom. The van der Waals surface area contributed by atoms with Crippen molar-refractivity contribution in [1.29, 1.82) is 0 Å². The Morgan fingerprint density at radius 1 is 1.12 bits per heavy atom. The molecule has 176 valence electrons. The van der Waals surface area contributed by atoms with Crippen molar-refractivity contribution < 1.29 is 9.53 Å². The van der Waals surface area contributed by atoms with Gasteiger partial charge >= 0.3 is 6.03 Å². The lowest BCUT2D eigenvalue weighted by Gasteiger charge is -2.16. The van der Waals surface area contributed by atoms with Gasteiger partial charge in [-0.1, -0.05) is 33.6 Å². The number of amides is 2. The van der Waals surface area contributed by atoms with E-state index >= 15 is 0 Å². The molecule has 0 aliphatic heterocycles. The van der Waals surface area contributed by atoms with Gasteiger partial charge in [-0.2, -0.15) is 10.2 Å². The second kappa shape index (κ2) is 8.77. The predicted molar refractivity (Wildman–Crippen MR) is 129 cm³/mol. The van der Waals surface area contributed by atoms with E-state index in [4.69, 9.17) is 9.84 Å². The van der Waals surface area contributed by atoms with E-state index in [1.165, 1.54) is 19.2 Å². The van der Waals surface area contributed by atoms with Gasteiger partial charge in [-0.15, -0.1) is 0 Å². The number of urea groups is 1. The van der Waals surface area contributed by atoms with Gasteiger partial charge in [0.15, 0.2) is 5.65 Å². The molecule has 1 aliphatic rings. The van der Waals surface area contributed by atoms with Crippen molar-refractivity contribution in [3.63, 3.8) is 0 Å². The largest absolute Gasteiger partial charge is 0.438 e. The van der Waals surface area contributed by atoms with Crippen LogP contribution in [0.25, 0.3) is 11.0 Å². The second-order valence-electron chi connectivity index (χ2n) is 9.56. The quantitative estimate of drug-likeness (QED) is 0.366. The average Bonchev–Trinajstić information content (AvgIpc) is 3.55. The Labute approximate surface area is 197 Å². The fourth-order valence-corrected chi connectivity index (χ4v) is 4.10. The van der Waals surface area contributed by atoms with Crippen molar-refractivity contribution in [3.8, 4) is 11.6 Å². The topological polar surface area (TPSA) is 123 Å². The highest BCUT2D eigenvalue weighted by Gasteiger charge is 2.26. The fourth-order valence-electron chi connectivity index (χ4n) is 4.10. The average molecular weight is 461 g/mol. The summed E-state index contributed by atoms with van der Waals surface area (Å²) in [4.78, 5) is 21.1. The Balaban J connectivity index is 1.27. The number of aromatic nitrogens is 6. The minimum absolute atomic E-state index is 0.0989. The Kier molecular flexibility index (Phi) is 5.64. The number of ether oxygens (including phenoxy) is 1. The van der Waals surface area contributed by atoms with Crippen molar-refractivity contribution in [2.24, 2.45) is 0 Å². The van der Waals surface area contributed by atoms with Crippen LogP contribution in [0.15, 0.2) is 42.9 Å². The molecule has 10 nitrogen and oxygen atoms in total. The summed E-state index contributed by atoms with van der Waals surface area (Å²) in [5.41, 5.74) is 2.11. The van der Waals surface area contributed by atoms with E-state index in [1.807, 2.05) is 10.7 Å². The number of benzene rings is 1. The number of carbonyl (C=O) groups is 1. The molecule has 3 N–H and O–H groups in total. The fraction of sp³-hybridized carbons (Fsp3) is 0.375. The van der Waals surface area contributed by atoms with Gasteiger partial charge in [0.2, 0.25) is 5.88 Å². The van der Waals surface area contributed by atoms with Crippen LogP contribution >= 0.6 is 0 Å². The van der Waals surface area contributed by atoms with Crippen LogP contribution in [-0.4, -0.2) is 36.0 Å². The molecule has 1 aromatic carbocycles. The number of nitrogens with zero attached hydrogens (tertiary/aromatic N) is 5. The molecule has 0 spiro atoms. The van der Waals surface area contributed by atoms with Gasteiger partial charge in [0.25, 0.3) is 0 Å². The van der Waals surface area contributed by atoms with Gasteiger partial charge in [0.1, 0.15) is 23.3 Å². The van der Waals surface area contributed by atoms with Crippen LogP contribution in [-0.2, 0) is 5.41 Å². The lowest BCUT2D eigenvalue weighted by atomic mass is 9.92. The summed E-state index contributed by atoms with van der Waals surface area (Å²) in [5, 5.41) is 18.2. The molecule has 0 atom stereocenters. The second-order valence-corrected chi connectivity index (χ2v) is 9.56. The van der Waals surface area contributed by atoms with Crippen molar-refractivity contribution in [2.75, 3.05) is 10.6 Å². The van der Waals surface area contributed by atoms with Crippen LogP contribution in [0.3, 0.4) is 0 Å². The lowest BCUT2D eigenvalue weighted by Crippen LogP contribution is -2.22. The van der Waals surface area contributed by atoms with Gasteiger partial charge in [-0.05, 0) is 37.1 Å². The summed E-state index contributed by atoms with van der Waals surface area (Å²) in [6, 6.07) is 9.08. The summed E-state index contributed by atoms with van der Waals surface area (Å²) in [6.07, 6.45) is 7.58. The Bertz CT molecular complexity index is 1300. The maximum atomic E-state index is 12.8. The zero-order chi connectivity index (χ0) is 23.7. The van der Waals surface area contributed by atoms with E-state index in [1.54, 1.807) is 30.5 Å². The van der Waals surface area contributed by atoms with Gasteiger partial charge in [-0.25, -0.2) is 19.4 Å². The maximum absolute atomic E-state index is 12.8. The highest BCUT2D eigenvalue weighted by atomic mass is 16.5. The Morgan fingerprint density at radius 2 is 1.88 bits per heavy atom. The molecule has 4 aromatic rings. The number of hydrogen-bond donors (Lipinski definition) is 3. The molecule has 0 radical (unpaired) electrons. The molecule has 34 heavy (non-hydrogen) atoms. The monoisotopic (exact) mass is 460 g/mol. The molecule has 1 saturated carbocycles. The lowest BCUT2D eigenvalue weighted by molar-refractivity contribution is 0.262. The number of nitrogens with one attached hydrogen (secondary N) is 3. The summed E-state index contributed by atoms with van der Waals surface area (Å²) < 4.78 is 7.85. The first-order valence-electron chi connectivity index (χ1n) is 11.5. The molecule has 10 heteroatoms. The van der Waals surface area contributed by atoms with Gasteiger partial charge in [0.05, 0.1) is 17.9 Å². The zero-order valence-corrected chi connectivity index (χ0v) is 19.5. The number of rotatable bonds is 5. The van der Waals surface area contributed by atoms with E-state index in [9.17, 15) is 4.79 Å². The van der Waals surface area contributed by atoms with Crippen molar-refractivity contribution in [3.05, 3.63) is 48.5 Å². The summed E-state index contributed by atoms with van der Waals surface area (Å²) in [6.45, 7) is 6.38. The number of anilines is 2. The number of hydrogen-bond acceptors (Lipinski definition) is 6. The third kappa shape index (κ3) is 4.57. The zero-order valence-electron chi connectivity index (χ0n) is 19.5. The van der Waals surface area contributed by atoms with Gasteiger partial charge in [-0.3, -0.25) is 10.4 Å². The van der Waals surface area contributed by atoms with E-state index in [0.29, 0.717) is 34.4 Å². The standard InChI is InChI=1S/C24H28N8O2/c1-24(2,3)19-12-20(32(31-19)16-6-4-5-7-16)29-23(33)28-15-8-10-17(11-9-15)34-22-18-13-27-30-21(18)25-14-26-22/h8-14,16H,4-7H2,1-3H3,(H2,28,29,33)(H,25,26,27,30). The van der Waals surface area contributed by atoms with E-state index in [0.717, 1.165) is 24.4 Å². The van der Waals surface area contributed by atoms with Crippen LogP contribution < -0.4 is 15.4 Å². The minimum atomic E-state index is -0.316. The van der Waals surface area contributed by atoms with Crippen LogP contribution in [0.5, 0.6) is 11.6 Å². The Hall–Kier alpha value is -3.95. The first-order valence-corrected chi connectivity index (χ1v) is 11.5. The van der Waals surface area contributed by atoms with E-state index < -0.39 is 0 Å². The highest BCUT2D eigenvalue weighted by Crippen LogP contribution is 2.34. The summed E-state index contributed by atoms with van der Waals surface area (Å²) in [7, 11) is 0. The van der Waals surface area contributed by atoms with Crippen molar-refractivity contribution in [2.45, 2.75) is 57.9 Å². The third-order valence-corrected chi connectivity index (χ3v) is 5.95. The molecule has 1 aliphatic carbocycles. The number of H-pyrrole nitrogens is 1. The minimum Gasteiger partial charge on any atom is -0.438 e. The predicted octanol–water partition coefficient (Wildman–Crippen LogP) is 5.40. The maximum Gasteiger partial charge on any atom is 0.324 e. The number of fused-ring (bicyclic) bond motifs is 1. The molecular formula is C24H28N8O2. The number of carbonyl (C=O) groups excluding carboxylic acids is 1. The summed E-state index contributed by atoms with van der Waals surface area (Å²) >= 11 is 0. The molecule has 3 heterocycles. The van der Waals surface area contributed by atoms with Crippen LogP contribution in [0.1, 0.15) is 58.2 Å².